The summed E-state index contributed by atoms with van der Waals surface area (Å²) in [5, 5.41) is 3.01. The maximum Gasteiger partial charge on any atom is 0.251 e. The Kier molecular flexibility index (Phi) is 4.48. The summed E-state index contributed by atoms with van der Waals surface area (Å²) in [6, 6.07) is 20.5. The van der Waals surface area contributed by atoms with E-state index in [1.165, 1.54) is 24.3 Å². The zero-order chi connectivity index (χ0) is 20.5. The molecule has 1 amide bonds. The second kappa shape index (κ2) is 7.44. The Labute approximate surface area is 171 Å². The first-order chi connectivity index (χ1) is 14.7. The number of carbonyl (C=O) groups excluding carboxylic acids is 1. The van der Waals surface area contributed by atoms with Gasteiger partial charge in [0, 0.05) is 12.0 Å². The van der Waals surface area contributed by atoms with E-state index in [0.717, 1.165) is 27.9 Å². The van der Waals surface area contributed by atoms with E-state index in [1.807, 2.05) is 48.5 Å². The number of benzene rings is 3. The fourth-order valence-electron chi connectivity index (χ4n) is 3.49. The van der Waals surface area contributed by atoms with Gasteiger partial charge in [-0.15, -0.1) is 0 Å². The molecule has 1 atom stereocenters. The summed E-state index contributed by atoms with van der Waals surface area (Å²) >= 11 is 0. The van der Waals surface area contributed by atoms with Crippen molar-refractivity contribution in [1.82, 2.24) is 25.3 Å². The topological polar surface area (TPSA) is 86.5 Å². The summed E-state index contributed by atoms with van der Waals surface area (Å²) in [5.41, 5.74) is 3.87. The second-order valence-corrected chi connectivity index (χ2v) is 7.08. The van der Waals surface area contributed by atoms with Gasteiger partial charge in [-0.2, -0.15) is 0 Å². The molecular weight excluding hydrogens is 381 g/mol. The molecule has 0 aliphatic heterocycles. The van der Waals surface area contributed by atoms with Crippen LogP contribution in [0.5, 0.6) is 0 Å². The number of aromatic nitrogens is 4. The van der Waals surface area contributed by atoms with Gasteiger partial charge < -0.3 is 15.3 Å². The van der Waals surface area contributed by atoms with E-state index in [1.54, 1.807) is 0 Å². The fourth-order valence-corrected chi connectivity index (χ4v) is 3.49. The molecule has 2 heterocycles. The highest BCUT2D eigenvalue weighted by molar-refractivity contribution is 5.94. The molecule has 7 heteroatoms. The summed E-state index contributed by atoms with van der Waals surface area (Å²) < 4.78 is 13.2. The number of hydrogen-bond donors (Lipinski definition) is 3. The Balaban J connectivity index is 1.49. The number of imidazole rings is 2. The molecule has 5 rings (SSSR count). The van der Waals surface area contributed by atoms with E-state index in [4.69, 9.17) is 0 Å². The van der Waals surface area contributed by atoms with Gasteiger partial charge in [-0.05, 0) is 48.5 Å². The predicted molar refractivity (Wildman–Crippen MR) is 112 cm³/mol. The molecule has 5 aromatic rings. The standard InChI is InChI=1S/C23H18FN5O/c24-15-11-9-14(10-12-15)23(30)29-20(22-27-18-7-3-4-8-19(18)28-22)13-21-25-16-5-1-2-6-17(16)26-21/h1-12,20H,13H2,(H,25,26)(H,27,28)(H,29,30). The lowest BCUT2D eigenvalue weighted by Crippen LogP contribution is -2.31. The molecule has 0 aliphatic carbocycles. The third-order valence-electron chi connectivity index (χ3n) is 4.99. The highest BCUT2D eigenvalue weighted by Crippen LogP contribution is 2.21. The molecule has 0 saturated heterocycles. The molecule has 0 fully saturated rings. The number of amides is 1. The van der Waals surface area contributed by atoms with Crippen LogP contribution in [0, 0.1) is 5.82 Å². The largest absolute Gasteiger partial charge is 0.342 e. The molecule has 0 radical (unpaired) electrons. The monoisotopic (exact) mass is 399 g/mol. The van der Waals surface area contributed by atoms with Gasteiger partial charge >= 0.3 is 0 Å². The van der Waals surface area contributed by atoms with E-state index in [0.29, 0.717) is 17.8 Å². The van der Waals surface area contributed by atoms with Gasteiger partial charge in [0.25, 0.3) is 5.91 Å². The molecular formula is C23H18FN5O. The Bertz CT molecular complexity index is 1270. The van der Waals surface area contributed by atoms with Crippen molar-refractivity contribution in [3.8, 4) is 0 Å². The first kappa shape index (κ1) is 18.1. The summed E-state index contributed by atoms with van der Waals surface area (Å²) in [6.07, 6.45) is 0.418. The van der Waals surface area contributed by atoms with Crippen LogP contribution < -0.4 is 5.32 Å². The van der Waals surface area contributed by atoms with Gasteiger partial charge in [0.15, 0.2) is 0 Å². The number of H-pyrrole nitrogens is 2. The highest BCUT2D eigenvalue weighted by Gasteiger charge is 2.21. The van der Waals surface area contributed by atoms with Gasteiger partial charge in [-0.25, -0.2) is 14.4 Å². The van der Waals surface area contributed by atoms with Crippen molar-refractivity contribution in [3.63, 3.8) is 0 Å². The Morgan fingerprint density at radius 3 is 2.17 bits per heavy atom. The number of para-hydroxylation sites is 4. The normalized spacial score (nSPS) is 12.3. The van der Waals surface area contributed by atoms with E-state index < -0.39 is 6.04 Å². The summed E-state index contributed by atoms with van der Waals surface area (Å²) in [4.78, 5) is 28.7. The lowest BCUT2D eigenvalue weighted by atomic mass is 10.1. The molecule has 30 heavy (non-hydrogen) atoms. The summed E-state index contributed by atoms with van der Waals surface area (Å²) in [7, 11) is 0. The Morgan fingerprint density at radius 1 is 0.867 bits per heavy atom. The maximum atomic E-state index is 13.2. The zero-order valence-corrected chi connectivity index (χ0v) is 15.9. The number of fused-ring (bicyclic) bond motifs is 2. The van der Waals surface area contributed by atoms with Crippen molar-refractivity contribution in [1.29, 1.82) is 0 Å². The van der Waals surface area contributed by atoms with Crippen LogP contribution in [0.15, 0.2) is 72.8 Å². The van der Waals surface area contributed by atoms with E-state index in [9.17, 15) is 9.18 Å². The Hall–Kier alpha value is -4.00. The van der Waals surface area contributed by atoms with Crippen molar-refractivity contribution >= 4 is 28.0 Å². The van der Waals surface area contributed by atoms with Crippen LogP contribution in [0.1, 0.15) is 28.0 Å². The first-order valence-electron chi connectivity index (χ1n) is 9.60. The van der Waals surface area contributed by atoms with E-state index >= 15 is 0 Å². The van der Waals surface area contributed by atoms with Crippen LogP contribution >= 0.6 is 0 Å². The van der Waals surface area contributed by atoms with Crippen LogP contribution in [0.4, 0.5) is 4.39 Å². The van der Waals surface area contributed by atoms with Crippen molar-refractivity contribution in [2.75, 3.05) is 0 Å². The lowest BCUT2D eigenvalue weighted by molar-refractivity contribution is 0.0934. The third-order valence-corrected chi connectivity index (χ3v) is 4.99. The molecule has 2 aromatic heterocycles. The fraction of sp³-hybridized carbons (Fsp3) is 0.0870. The minimum absolute atomic E-state index is 0.309. The molecule has 0 spiro atoms. The first-order valence-corrected chi connectivity index (χ1v) is 9.60. The zero-order valence-electron chi connectivity index (χ0n) is 15.9. The molecule has 6 nitrogen and oxygen atoms in total. The lowest BCUT2D eigenvalue weighted by Gasteiger charge is -2.16. The third kappa shape index (κ3) is 3.53. The average molecular weight is 399 g/mol. The maximum absolute atomic E-state index is 13.2. The van der Waals surface area contributed by atoms with Crippen molar-refractivity contribution in [2.45, 2.75) is 12.5 Å². The molecule has 3 aromatic carbocycles. The van der Waals surface area contributed by atoms with Gasteiger partial charge in [-0.1, -0.05) is 24.3 Å². The van der Waals surface area contributed by atoms with Crippen LogP contribution in [0.25, 0.3) is 22.1 Å². The number of carbonyl (C=O) groups is 1. The molecule has 148 valence electrons. The van der Waals surface area contributed by atoms with Gasteiger partial charge in [0.05, 0.1) is 28.1 Å². The molecule has 3 N–H and O–H groups in total. The van der Waals surface area contributed by atoms with Crippen LogP contribution in [-0.4, -0.2) is 25.8 Å². The Morgan fingerprint density at radius 2 is 1.50 bits per heavy atom. The molecule has 1 unspecified atom stereocenters. The molecule has 0 aliphatic rings. The summed E-state index contributed by atoms with van der Waals surface area (Å²) in [6.45, 7) is 0. The minimum atomic E-state index is -0.449. The number of rotatable bonds is 5. The van der Waals surface area contributed by atoms with Gasteiger partial charge in [0.2, 0.25) is 0 Å². The highest BCUT2D eigenvalue weighted by atomic mass is 19.1. The van der Waals surface area contributed by atoms with E-state index in [2.05, 4.69) is 25.3 Å². The number of nitrogens with zero attached hydrogens (tertiary/aromatic N) is 2. The van der Waals surface area contributed by atoms with Crippen molar-refractivity contribution in [2.24, 2.45) is 0 Å². The summed E-state index contributed by atoms with van der Waals surface area (Å²) in [5.74, 6) is 0.674. The number of halogens is 1. The smallest absolute Gasteiger partial charge is 0.251 e. The van der Waals surface area contributed by atoms with Crippen molar-refractivity contribution in [3.05, 3.63) is 95.8 Å². The van der Waals surface area contributed by atoms with Crippen LogP contribution in [-0.2, 0) is 6.42 Å². The van der Waals surface area contributed by atoms with Gasteiger partial charge in [-0.3, -0.25) is 4.79 Å². The van der Waals surface area contributed by atoms with Crippen LogP contribution in [0.3, 0.4) is 0 Å². The number of hydrogen-bond acceptors (Lipinski definition) is 3. The second-order valence-electron chi connectivity index (χ2n) is 7.08. The predicted octanol–water partition coefficient (Wildman–Crippen LogP) is 4.29. The number of aromatic amines is 2. The number of nitrogens with one attached hydrogen (secondary N) is 3. The minimum Gasteiger partial charge on any atom is -0.342 e. The van der Waals surface area contributed by atoms with Crippen molar-refractivity contribution < 1.29 is 9.18 Å². The average Bonchev–Trinajstić information content (AvgIpc) is 3.37. The van der Waals surface area contributed by atoms with Gasteiger partial charge in [0.1, 0.15) is 17.5 Å². The molecule has 0 saturated carbocycles. The van der Waals surface area contributed by atoms with Crippen LogP contribution in [0.2, 0.25) is 0 Å². The van der Waals surface area contributed by atoms with E-state index in [-0.39, 0.29) is 11.7 Å². The molecule has 0 bridgehead atoms. The quantitative estimate of drug-likeness (QED) is 0.412. The SMILES string of the molecule is O=C(NC(Cc1nc2ccccc2[nH]1)c1nc2ccccc2[nH]1)c1ccc(F)cc1.